The number of ether oxygens (including phenoxy) is 2. The van der Waals surface area contributed by atoms with Gasteiger partial charge in [-0.2, -0.15) is 0 Å². The fourth-order valence-electron chi connectivity index (χ4n) is 6.60. The average molecular weight is 549 g/mol. The second-order valence-electron chi connectivity index (χ2n) is 11.8. The predicted octanol–water partition coefficient (Wildman–Crippen LogP) is 8.76. The molecule has 3 heterocycles. The molecule has 3 saturated heterocycles. The van der Waals surface area contributed by atoms with Gasteiger partial charge in [0.15, 0.2) is 0 Å². The van der Waals surface area contributed by atoms with Gasteiger partial charge in [-0.25, -0.2) is 0 Å². The van der Waals surface area contributed by atoms with Gasteiger partial charge in [0, 0.05) is 0 Å². The SMILES string of the molecule is CCCCCC/[C](=C(\C=C\CCOC1CCCCO1)B1C2CCCC1CCC2)[Sn]([CH3])([CH3])[CH3]. The van der Waals surface area contributed by atoms with Crippen LogP contribution in [0, 0.1) is 0 Å². The van der Waals surface area contributed by atoms with Crippen molar-refractivity contribution in [3.63, 3.8) is 0 Å². The maximum absolute atomic E-state index is 6.03. The maximum atomic E-state index is 6.03. The van der Waals surface area contributed by atoms with Gasteiger partial charge in [0.05, 0.1) is 0 Å². The van der Waals surface area contributed by atoms with Crippen LogP contribution in [0.2, 0.25) is 26.5 Å². The van der Waals surface area contributed by atoms with Crippen molar-refractivity contribution in [2.45, 2.75) is 136 Å². The van der Waals surface area contributed by atoms with Crippen molar-refractivity contribution < 1.29 is 9.47 Å². The van der Waals surface area contributed by atoms with Crippen molar-refractivity contribution in [3.8, 4) is 0 Å². The molecule has 1 unspecified atom stereocenters. The van der Waals surface area contributed by atoms with Crippen LogP contribution < -0.4 is 0 Å². The first-order valence-corrected chi connectivity index (χ1v) is 24.1. The molecule has 1 atom stereocenters. The molecular weight excluding hydrogens is 498 g/mol. The first-order chi connectivity index (χ1) is 15.5. The van der Waals surface area contributed by atoms with E-state index in [0.29, 0.717) is 0 Å². The van der Waals surface area contributed by atoms with Crippen molar-refractivity contribution in [2.24, 2.45) is 0 Å². The third-order valence-corrected chi connectivity index (χ3v) is 14.9. The van der Waals surface area contributed by atoms with E-state index in [-0.39, 0.29) is 6.29 Å². The molecule has 0 aromatic rings. The molecule has 3 fully saturated rings. The van der Waals surface area contributed by atoms with E-state index in [1.165, 1.54) is 83.5 Å². The molecule has 2 nitrogen and oxygen atoms in total. The van der Waals surface area contributed by atoms with Crippen molar-refractivity contribution >= 4 is 25.1 Å². The van der Waals surface area contributed by atoms with Crippen LogP contribution in [-0.4, -0.2) is 44.6 Å². The minimum atomic E-state index is -2.19. The number of allylic oxidation sites excluding steroid dienone is 3. The van der Waals surface area contributed by atoms with Gasteiger partial charge < -0.3 is 0 Å². The summed E-state index contributed by atoms with van der Waals surface area (Å²) in [7, 11) is 0. The summed E-state index contributed by atoms with van der Waals surface area (Å²) in [5.74, 6) is 1.90. The number of rotatable bonds is 12. The average Bonchev–Trinajstić information content (AvgIpc) is 2.76. The molecule has 0 amide bonds. The molecule has 4 heteroatoms. The molecule has 0 aliphatic carbocycles. The zero-order chi connectivity index (χ0) is 22.8. The molecule has 3 rings (SSSR count). The molecule has 0 aromatic carbocycles. The molecule has 3 aliphatic heterocycles. The molecule has 0 radical (unpaired) electrons. The summed E-state index contributed by atoms with van der Waals surface area (Å²) < 4.78 is 13.7. The van der Waals surface area contributed by atoms with Crippen molar-refractivity contribution in [2.75, 3.05) is 13.2 Å². The van der Waals surface area contributed by atoms with Crippen LogP contribution in [0.25, 0.3) is 0 Å². The Labute approximate surface area is 204 Å². The van der Waals surface area contributed by atoms with Crippen molar-refractivity contribution in [3.05, 3.63) is 21.2 Å². The number of hydrogen-bond acceptors (Lipinski definition) is 2. The Balaban J connectivity index is 1.75. The molecule has 0 N–H and O–H groups in total. The Kier molecular flexibility index (Phi) is 11.7. The predicted molar refractivity (Wildman–Crippen MR) is 143 cm³/mol. The second-order valence-corrected chi connectivity index (χ2v) is 26.3. The zero-order valence-electron chi connectivity index (χ0n) is 21.8. The third kappa shape index (κ3) is 8.19. The Morgan fingerprint density at radius 3 is 2.25 bits per heavy atom. The van der Waals surface area contributed by atoms with E-state index in [9.17, 15) is 0 Å². The van der Waals surface area contributed by atoms with Crippen LogP contribution in [0.4, 0.5) is 0 Å². The summed E-state index contributed by atoms with van der Waals surface area (Å²) in [5, 5.41) is 0. The standard InChI is InChI=1S/C25H42BO2.3CH3.Sn/c1-2-3-4-5-6-13-22(26-23-15-11-16-24(26)18-12-17-23)14-7-9-20-27-25-19-8-10-21-28-25;;;;/h7,14,23-25H,2-6,8-12,15-21H2,1H3;3*1H3;/b14-7+,22-13?;;;;. The summed E-state index contributed by atoms with van der Waals surface area (Å²) in [6, 6.07) is 0. The first kappa shape index (κ1) is 26.9. The van der Waals surface area contributed by atoms with Crippen LogP contribution in [0.3, 0.4) is 0 Å². The summed E-state index contributed by atoms with van der Waals surface area (Å²) in [6.45, 7) is 4.86. The van der Waals surface area contributed by atoms with E-state index in [1.54, 1.807) is 0 Å². The molecule has 2 bridgehead atoms. The zero-order valence-corrected chi connectivity index (χ0v) is 24.7. The summed E-state index contributed by atoms with van der Waals surface area (Å²) in [4.78, 5) is 8.00. The normalized spacial score (nSPS) is 27.6. The minimum absolute atomic E-state index is 0.0461. The van der Waals surface area contributed by atoms with E-state index >= 15 is 0 Å². The van der Waals surface area contributed by atoms with Crippen LogP contribution in [0.1, 0.15) is 103 Å². The molecular formula is C28H51BO2Sn. The van der Waals surface area contributed by atoms with E-state index in [1.807, 2.05) is 9.06 Å². The monoisotopic (exact) mass is 550 g/mol. The van der Waals surface area contributed by atoms with Gasteiger partial charge in [0.25, 0.3) is 0 Å². The van der Waals surface area contributed by atoms with Crippen LogP contribution in [-0.2, 0) is 9.47 Å². The number of unbranched alkanes of at least 4 members (excludes halogenated alkanes) is 3. The van der Waals surface area contributed by atoms with Crippen molar-refractivity contribution in [1.82, 2.24) is 0 Å². The molecule has 0 spiro atoms. The number of hydrogen-bond donors (Lipinski definition) is 0. The van der Waals surface area contributed by atoms with Gasteiger partial charge in [-0.05, 0) is 0 Å². The van der Waals surface area contributed by atoms with Gasteiger partial charge in [0.1, 0.15) is 0 Å². The van der Waals surface area contributed by atoms with Crippen LogP contribution in [0.15, 0.2) is 21.2 Å². The molecule has 0 aromatic heterocycles. The van der Waals surface area contributed by atoms with Crippen LogP contribution in [0.5, 0.6) is 0 Å². The van der Waals surface area contributed by atoms with E-state index in [0.717, 1.165) is 44.4 Å². The Hall–Kier alpha value is 0.264. The number of fused-ring (bicyclic) bond motifs is 2. The first-order valence-electron chi connectivity index (χ1n) is 14.1. The van der Waals surface area contributed by atoms with Crippen molar-refractivity contribution in [1.29, 1.82) is 0 Å². The van der Waals surface area contributed by atoms with Gasteiger partial charge in [-0.15, -0.1) is 0 Å². The quantitative estimate of drug-likeness (QED) is 0.138. The van der Waals surface area contributed by atoms with E-state index in [2.05, 4.69) is 33.9 Å². The summed E-state index contributed by atoms with van der Waals surface area (Å²) in [5.41, 5.74) is 1.83. The Morgan fingerprint density at radius 2 is 1.66 bits per heavy atom. The Bertz CT molecular complexity index is 581. The van der Waals surface area contributed by atoms with Gasteiger partial charge in [0.2, 0.25) is 0 Å². The molecule has 3 aliphatic rings. The topological polar surface area (TPSA) is 18.5 Å². The van der Waals surface area contributed by atoms with Crippen LogP contribution >= 0.6 is 0 Å². The molecule has 182 valence electrons. The Morgan fingerprint density at radius 1 is 0.938 bits per heavy atom. The molecule has 0 saturated carbocycles. The summed E-state index contributed by atoms with van der Waals surface area (Å²) in [6.07, 6.45) is 25.4. The van der Waals surface area contributed by atoms with Gasteiger partial charge in [-0.1, -0.05) is 0 Å². The van der Waals surface area contributed by atoms with E-state index in [4.69, 9.17) is 9.47 Å². The molecule has 32 heavy (non-hydrogen) atoms. The summed E-state index contributed by atoms with van der Waals surface area (Å²) >= 11 is -2.19. The van der Waals surface area contributed by atoms with Gasteiger partial charge in [-0.3, -0.25) is 0 Å². The fraction of sp³-hybridized carbons (Fsp3) is 0.857. The fourth-order valence-corrected chi connectivity index (χ4v) is 12.4. The van der Waals surface area contributed by atoms with E-state index < -0.39 is 18.4 Å². The third-order valence-electron chi connectivity index (χ3n) is 8.23. The second kappa shape index (κ2) is 14.0. The van der Waals surface area contributed by atoms with Gasteiger partial charge >= 0.3 is 205 Å².